The van der Waals surface area contributed by atoms with Gasteiger partial charge in [0.15, 0.2) is 5.69 Å². The van der Waals surface area contributed by atoms with Crippen molar-refractivity contribution in [1.29, 1.82) is 0 Å². The van der Waals surface area contributed by atoms with Gasteiger partial charge in [0.05, 0.1) is 27.4 Å². The van der Waals surface area contributed by atoms with E-state index in [9.17, 15) is 28.1 Å². The van der Waals surface area contributed by atoms with E-state index in [2.05, 4.69) is 10.4 Å². The molecule has 1 amide bonds. The molecule has 1 atom stereocenters. The molecule has 0 aliphatic carbocycles. The number of hydrogen-bond acceptors (Lipinski definition) is 5. The van der Waals surface area contributed by atoms with Crippen molar-refractivity contribution in [1.82, 2.24) is 9.78 Å². The second-order valence-electron chi connectivity index (χ2n) is 7.34. The topological polar surface area (TPSA) is 99.3 Å². The summed E-state index contributed by atoms with van der Waals surface area (Å²) in [5.41, 5.74) is -1.02. The van der Waals surface area contributed by atoms with E-state index in [0.717, 1.165) is 22.4 Å². The second-order valence-corrected chi connectivity index (χ2v) is 8.13. The summed E-state index contributed by atoms with van der Waals surface area (Å²) in [6.45, 7) is 4.36. The first-order valence-electron chi connectivity index (χ1n) is 9.64. The van der Waals surface area contributed by atoms with Gasteiger partial charge in [-0.15, -0.1) is 0 Å². The normalized spacial score (nSPS) is 12.4. The van der Waals surface area contributed by atoms with Gasteiger partial charge in [-0.25, -0.2) is 0 Å². The van der Waals surface area contributed by atoms with E-state index in [1.54, 1.807) is 25.1 Å². The average Bonchev–Trinajstić information content (AvgIpc) is 3.05. The number of amides is 1. The van der Waals surface area contributed by atoms with Crippen molar-refractivity contribution in [3.63, 3.8) is 0 Å². The zero-order valence-electron chi connectivity index (χ0n) is 17.9. The first-order valence-corrected chi connectivity index (χ1v) is 10.4. The summed E-state index contributed by atoms with van der Waals surface area (Å²) in [6, 6.07) is 7.17. The Morgan fingerprint density at radius 3 is 2.41 bits per heavy atom. The third kappa shape index (κ3) is 5.42. The van der Waals surface area contributed by atoms with Gasteiger partial charge >= 0.3 is 6.18 Å². The Labute approximate surface area is 201 Å². The molecule has 180 valence electrons. The molecule has 1 aromatic heterocycles. The maximum Gasteiger partial charge on any atom is 0.436 e. The van der Waals surface area contributed by atoms with Crippen LogP contribution in [0.1, 0.15) is 29.9 Å². The maximum atomic E-state index is 13.1. The number of carbonyl (C=O) groups excluding carboxylic acids is 1. The SMILES string of the molecule is Cc1cc(Oc2cc(NC(=O)C(C)n3nc(C(F)(F)F)c(Cl)c3C)cc([N+](=O)[O-])c2)ccc1Cl. The van der Waals surface area contributed by atoms with Crippen LogP contribution in [-0.2, 0) is 11.0 Å². The Balaban J connectivity index is 1.89. The highest BCUT2D eigenvalue weighted by atomic mass is 35.5. The molecule has 0 fully saturated rings. The van der Waals surface area contributed by atoms with Crippen LogP contribution in [0, 0.1) is 24.0 Å². The van der Waals surface area contributed by atoms with E-state index in [1.165, 1.54) is 19.9 Å². The van der Waals surface area contributed by atoms with E-state index < -0.39 is 33.8 Å². The standard InChI is InChI=1S/C21H17Cl2F3N4O4/c1-10-6-15(4-5-17(10)22)34-16-8-13(7-14(9-16)30(32)33)27-20(31)12(3)29-11(2)18(23)19(28-29)21(24,25)26/h4-9,12H,1-3H3,(H,27,31). The van der Waals surface area contributed by atoms with Crippen molar-refractivity contribution in [3.8, 4) is 11.5 Å². The molecule has 2 aromatic carbocycles. The lowest BCUT2D eigenvalue weighted by Crippen LogP contribution is -2.25. The predicted octanol–water partition coefficient (Wildman–Crippen LogP) is 6.73. The average molecular weight is 517 g/mol. The van der Waals surface area contributed by atoms with Crippen molar-refractivity contribution in [3.05, 3.63) is 73.5 Å². The van der Waals surface area contributed by atoms with Gasteiger partial charge in [0.25, 0.3) is 5.69 Å². The molecule has 0 aliphatic rings. The third-order valence-electron chi connectivity index (χ3n) is 4.83. The number of nitrogens with zero attached hydrogens (tertiary/aromatic N) is 3. The fourth-order valence-corrected chi connectivity index (χ4v) is 3.40. The Morgan fingerprint density at radius 1 is 1.18 bits per heavy atom. The molecule has 1 N–H and O–H groups in total. The number of aromatic nitrogens is 2. The molecule has 0 spiro atoms. The highest BCUT2D eigenvalue weighted by Crippen LogP contribution is 2.36. The molecule has 1 heterocycles. The van der Waals surface area contributed by atoms with Crippen molar-refractivity contribution >= 4 is 40.5 Å². The van der Waals surface area contributed by atoms with Gasteiger partial charge in [0.1, 0.15) is 17.5 Å². The summed E-state index contributed by atoms with van der Waals surface area (Å²) in [5, 5.41) is 17.1. The van der Waals surface area contributed by atoms with Crippen LogP contribution in [0.2, 0.25) is 10.0 Å². The van der Waals surface area contributed by atoms with E-state index in [-0.39, 0.29) is 22.8 Å². The molecule has 0 saturated heterocycles. The molecule has 34 heavy (non-hydrogen) atoms. The number of aryl methyl sites for hydroxylation is 1. The van der Waals surface area contributed by atoms with Gasteiger partial charge in [-0.1, -0.05) is 23.2 Å². The Kier molecular flexibility index (Phi) is 7.08. The van der Waals surface area contributed by atoms with Gasteiger partial charge < -0.3 is 10.1 Å². The van der Waals surface area contributed by atoms with Crippen LogP contribution in [0.3, 0.4) is 0 Å². The molecule has 3 aromatic rings. The summed E-state index contributed by atoms with van der Waals surface area (Å²) in [4.78, 5) is 23.4. The summed E-state index contributed by atoms with van der Waals surface area (Å²) in [5.74, 6) is -0.365. The van der Waals surface area contributed by atoms with E-state index in [0.29, 0.717) is 10.8 Å². The van der Waals surface area contributed by atoms with Crippen LogP contribution < -0.4 is 10.1 Å². The minimum absolute atomic E-state index is 0.00122. The highest BCUT2D eigenvalue weighted by Gasteiger charge is 2.39. The number of halogens is 5. The number of anilines is 1. The molecule has 3 rings (SSSR count). The maximum absolute atomic E-state index is 13.1. The van der Waals surface area contributed by atoms with E-state index in [4.69, 9.17) is 27.9 Å². The van der Waals surface area contributed by atoms with Crippen LogP contribution in [0.4, 0.5) is 24.5 Å². The van der Waals surface area contributed by atoms with Crippen LogP contribution in [-0.4, -0.2) is 20.6 Å². The first kappa shape index (κ1) is 25.3. The number of carbonyl (C=O) groups is 1. The highest BCUT2D eigenvalue weighted by molar-refractivity contribution is 6.32. The molecule has 8 nitrogen and oxygen atoms in total. The molecule has 13 heteroatoms. The summed E-state index contributed by atoms with van der Waals surface area (Å²) >= 11 is 11.7. The number of nitro benzene ring substituents is 1. The predicted molar refractivity (Wildman–Crippen MR) is 120 cm³/mol. The van der Waals surface area contributed by atoms with Crippen LogP contribution >= 0.6 is 23.2 Å². The number of ether oxygens (including phenoxy) is 1. The van der Waals surface area contributed by atoms with Gasteiger partial charge in [0.2, 0.25) is 5.91 Å². The van der Waals surface area contributed by atoms with Gasteiger partial charge in [-0.2, -0.15) is 18.3 Å². The van der Waals surface area contributed by atoms with Gasteiger partial charge in [-0.05, 0) is 44.5 Å². The lowest BCUT2D eigenvalue weighted by Gasteiger charge is -2.15. The monoisotopic (exact) mass is 516 g/mol. The number of nitrogens with one attached hydrogen (secondary N) is 1. The molecule has 0 radical (unpaired) electrons. The number of rotatable bonds is 6. The van der Waals surface area contributed by atoms with Gasteiger partial charge in [-0.3, -0.25) is 19.6 Å². The smallest absolute Gasteiger partial charge is 0.436 e. The first-order chi connectivity index (χ1) is 15.8. The minimum atomic E-state index is -4.80. The lowest BCUT2D eigenvalue weighted by molar-refractivity contribution is -0.384. The number of benzene rings is 2. The minimum Gasteiger partial charge on any atom is -0.457 e. The van der Waals surface area contributed by atoms with Crippen molar-refractivity contribution in [2.45, 2.75) is 33.0 Å². The van der Waals surface area contributed by atoms with Crippen molar-refractivity contribution in [2.24, 2.45) is 0 Å². The fourth-order valence-electron chi connectivity index (χ4n) is 3.05. The Bertz CT molecular complexity index is 1280. The lowest BCUT2D eigenvalue weighted by atomic mass is 10.2. The van der Waals surface area contributed by atoms with E-state index >= 15 is 0 Å². The van der Waals surface area contributed by atoms with Crippen molar-refractivity contribution < 1.29 is 27.6 Å². The third-order valence-corrected chi connectivity index (χ3v) is 5.70. The van der Waals surface area contributed by atoms with E-state index in [1.807, 2.05) is 0 Å². The molecule has 0 bridgehead atoms. The number of hydrogen-bond donors (Lipinski definition) is 1. The van der Waals surface area contributed by atoms with Crippen LogP contribution in [0.25, 0.3) is 0 Å². The molecule has 0 saturated carbocycles. The number of non-ortho nitro benzene ring substituents is 1. The van der Waals surface area contributed by atoms with Gasteiger partial charge in [0, 0.05) is 17.2 Å². The molecule has 1 unspecified atom stereocenters. The molecular weight excluding hydrogens is 500 g/mol. The Hall–Kier alpha value is -3.31. The summed E-state index contributed by atoms with van der Waals surface area (Å²) < 4.78 is 45.8. The number of alkyl halides is 3. The second kappa shape index (κ2) is 9.51. The zero-order chi connectivity index (χ0) is 25.4. The fraction of sp³-hybridized carbons (Fsp3) is 0.238. The number of nitro groups is 1. The Morgan fingerprint density at radius 2 is 1.85 bits per heavy atom. The van der Waals surface area contributed by atoms with Crippen LogP contribution in [0.15, 0.2) is 36.4 Å². The molecular formula is C21H17Cl2F3N4O4. The summed E-state index contributed by atoms with van der Waals surface area (Å²) in [7, 11) is 0. The summed E-state index contributed by atoms with van der Waals surface area (Å²) in [6.07, 6.45) is -4.80. The zero-order valence-corrected chi connectivity index (χ0v) is 19.4. The quantitative estimate of drug-likeness (QED) is 0.289. The largest absolute Gasteiger partial charge is 0.457 e. The van der Waals surface area contributed by atoms with Crippen molar-refractivity contribution in [2.75, 3.05) is 5.32 Å². The molecule has 0 aliphatic heterocycles. The van der Waals surface area contributed by atoms with Crippen LogP contribution in [0.5, 0.6) is 11.5 Å².